The Kier molecular flexibility index (Phi) is 10.2. The average molecular weight is 746 g/mol. The smallest absolute Gasteiger partial charge is 0.289 e. The van der Waals surface area contributed by atoms with Crippen molar-refractivity contribution in [2.45, 2.75) is 37.8 Å². The molecule has 2 aromatic carbocycles. The minimum Gasteiger partial charge on any atom is -0.497 e. The van der Waals surface area contributed by atoms with Gasteiger partial charge < -0.3 is 28.6 Å². The van der Waals surface area contributed by atoms with Crippen molar-refractivity contribution in [1.82, 2.24) is 9.88 Å². The normalized spacial score (nSPS) is 20.1. The van der Waals surface area contributed by atoms with Crippen molar-refractivity contribution in [1.29, 1.82) is 0 Å². The predicted molar refractivity (Wildman–Crippen MR) is 164 cm³/mol. The lowest BCUT2D eigenvalue weighted by atomic mass is 9.88. The zero-order valence-corrected chi connectivity index (χ0v) is 27.0. The highest BCUT2D eigenvalue weighted by Crippen LogP contribution is 2.40. The van der Waals surface area contributed by atoms with Crippen molar-refractivity contribution in [3.05, 3.63) is 75.8 Å². The van der Waals surface area contributed by atoms with Crippen molar-refractivity contribution in [2.24, 2.45) is 4.99 Å². The summed E-state index contributed by atoms with van der Waals surface area (Å²) in [5, 5.41) is 0. The number of rotatable bonds is 10. The summed E-state index contributed by atoms with van der Waals surface area (Å²) in [7, 11) is 6.30. The maximum atomic E-state index is 16.0. The first kappa shape index (κ1) is 31.1. The van der Waals surface area contributed by atoms with E-state index in [1.54, 1.807) is 40.6 Å². The molecule has 41 heavy (non-hydrogen) atoms. The first-order chi connectivity index (χ1) is 19.7. The molecule has 0 radical (unpaired) electrons. The monoisotopic (exact) mass is 745 g/mol. The fourth-order valence-electron chi connectivity index (χ4n) is 4.62. The number of methoxy groups -OCH3 is 4. The van der Waals surface area contributed by atoms with Gasteiger partial charge in [-0.15, -0.1) is 0 Å². The van der Waals surface area contributed by atoms with Crippen LogP contribution in [0.25, 0.3) is 0 Å². The van der Waals surface area contributed by atoms with Crippen molar-refractivity contribution in [3.8, 4) is 23.0 Å². The molecule has 3 unspecified atom stereocenters. The van der Waals surface area contributed by atoms with Gasteiger partial charge >= 0.3 is 0 Å². The second-order valence-electron chi connectivity index (χ2n) is 9.43. The molecular weight excluding hydrogens is 715 g/mol. The predicted octanol–water partition coefficient (Wildman–Crippen LogP) is 6.46. The molecule has 0 N–H and O–H groups in total. The van der Waals surface area contributed by atoms with Crippen LogP contribution >= 0.6 is 38.5 Å². The lowest BCUT2D eigenvalue weighted by Crippen LogP contribution is -2.52. The Morgan fingerprint density at radius 1 is 0.927 bits per heavy atom. The molecule has 0 bridgehead atoms. The van der Waals surface area contributed by atoms with E-state index in [1.165, 1.54) is 19.1 Å². The van der Waals surface area contributed by atoms with Gasteiger partial charge in [0.25, 0.3) is 6.02 Å². The summed E-state index contributed by atoms with van der Waals surface area (Å²) >= 11 is 5.35. The number of hydrogen-bond acceptors (Lipinski definition) is 8. The van der Waals surface area contributed by atoms with E-state index in [1.807, 2.05) is 29.2 Å². The van der Waals surface area contributed by atoms with Crippen LogP contribution in [0.15, 0.2) is 58.1 Å². The van der Waals surface area contributed by atoms with E-state index < -0.39 is 23.6 Å². The van der Waals surface area contributed by atoms with Gasteiger partial charge in [0.15, 0.2) is 6.17 Å². The van der Waals surface area contributed by atoms with Gasteiger partial charge in [0, 0.05) is 27.7 Å². The van der Waals surface area contributed by atoms with Crippen LogP contribution in [0.4, 0.5) is 8.78 Å². The molecule has 3 atom stereocenters. The molecular formula is C29H31BrF2IN3O5. The highest BCUT2D eigenvalue weighted by atomic mass is 127. The number of amidine groups is 1. The maximum absolute atomic E-state index is 16.0. The van der Waals surface area contributed by atoms with Crippen LogP contribution in [0.3, 0.4) is 0 Å². The van der Waals surface area contributed by atoms with Crippen molar-refractivity contribution in [2.75, 3.05) is 32.9 Å². The topological polar surface area (TPSA) is 74.6 Å². The Morgan fingerprint density at radius 2 is 1.49 bits per heavy atom. The summed E-state index contributed by atoms with van der Waals surface area (Å²) in [5.41, 5.74) is -0.175. The van der Waals surface area contributed by atoms with Crippen molar-refractivity contribution in [3.63, 3.8) is 0 Å². The molecule has 220 valence electrons. The van der Waals surface area contributed by atoms with E-state index in [2.05, 4.69) is 43.5 Å². The molecule has 1 aliphatic rings. The van der Waals surface area contributed by atoms with Gasteiger partial charge in [0.05, 0.1) is 41.5 Å². The Balaban J connectivity index is 1.86. The number of nitrogens with zero attached hydrogens (tertiary/aromatic N) is 3. The highest BCUT2D eigenvalue weighted by molar-refractivity contribution is 14.1. The van der Waals surface area contributed by atoms with E-state index in [9.17, 15) is 0 Å². The summed E-state index contributed by atoms with van der Waals surface area (Å²) in [6.07, 6.45) is -2.57. The quantitative estimate of drug-likeness (QED) is 0.134. The van der Waals surface area contributed by atoms with E-state index in [0.717, 1.165) is 11.1 Å². The third-order valence-corrected chi connectivity index (χ3v) is 8.18. The molecule has 0 saturated heterocycles. The SMILES string of the molecule is COc1ccc(CN(Cc2ccc(OC)cc2OC)C2=NC(C)(c3nc(Br)ccc3F)C(F)C(CI)O2)c(OC)c1. The fourth-order valence-corrected chi connectivity index (χ4v) is 5.56. The number of halogens is 4. The van der Waals surface area contributed by atoms with Crippen LogP contribution in [0.2, 0.25) is 0 Å². The molecule has 2 heterocycles. The van der Waals surface area contributed by atoms with Gasteiger partial charge in [-0.05, 0) is 59.3 Å². The second-order valence-corrected chi connectivity index (χ2v) is 11.1. The number of ether oxygens (including phenoxy) is 5. The molecule has 1 aromatic heterocycles. The Bertz CT molecular complexity index is 1360. The first-order valence-electron chi connectivity index (χ1n) is 12.6. The summed E-state index contributed by atoms with van der Waals surface area (Å²) in [5.74, 6) is 1.78. The lowest BCUT2D eigenvalue weighted by molar-refractivity contribution is 0.0156. The third-order valence-electron chi connectivity index (χ3n) is 6.87. The molecule has 0 spiro atoms. The largest absolute Gasteiger partial charge is 0.497 e. The van der Waals surface area contributed by atoms with Crippen LogP contribution < -0.4 is 18.9 Å². The number of benzene rings is 2. The number of alkyl halides is 2. The van der Waals surface area contributed by atoms with Crippen LogP contribution in [0.5, 0.6) is 23.0 Å². The van der Waals surface area contributed by atoms with E-state index >= 15 is 8.78 Å². The van der Waals surface area contributed by atoms with E-state index in [-0.39, 0.29) is 24.8 Å². The number of aliphatic imine (C=N–C) groups is 1. The van der Waals surface area contributed by atoms with Gasteiger partial charge in [0.1, 0.15) is 50.8 Å². The van der Waals surface area contributed by atoms with Gasteiger partial charge in [-0.2, -0.15) is 0 Å². The van der Waals surface area contributed by atoms with Gasteiger partial charge in [-0.1, -0.05) is 22.6 Å². The Labute approximate surface area is 260 Å². The Hall–Kier alpha value is -2.87. The number of hydrogen-bond donors (Lipinski definition) is 0. The minimum absolute atomic E-state index is 0.112. The molecule has 0 fully saturated rings. The second kappa shape index (κ2) is 13.4. The summed E-state index contributed by atoms with van der Waals surface area (Å²) in [6, 6.07) is 13.8. The molecule has 8 nitrogen and oxygen atoms in total. The third kappa shape index (κ3) is 6.63. The summed E-state index contributed by atoms with van der Waals surface area (Å²) < 4.78 is 60.0. The van der Waals surface area contributed by atoms with Crippen LogP contribution in [-0.2, 0) is 23.4 Å². The average Bonchev–Trinajstić information content (AvgIpc) is 2.99. The Morgan fingerprint density at radius 3 is 1.98 bits per heavy atom. The molecule has 0 amide bonds. The van der Waals surface area contributed by atoms with Gasteiger partial charge in [-0.25, -0.2) is 18.8 Å². The molecule has 0 saturated carbocycles. The molecule has 3 aromatic rings. The van der Waals surface area contributed by atoms with E-state index in [4.69, 9.17) is 28.7 Å². The van der Waals surface area contributed by atoms with Crippen LogP contribution in [0, 0.1) is 5.82 Å². The van der Waals surface area contributed by atoms with Crippen molar-refractivity contribution >= 4 is 44.5 Å². The van der Waals surface area contributed by atoms with E-state index in [0.29, 0.717) is 32.0 Å². The minimum atomic E-state index is -1.66. The molecule has 4 rings (SSSR count). The number of pyridine rings is 1. The van der Waals surface area contributed by atoms with Crippen LogP contribution in [0.1, 0.15) is 23.7 Å². The highest BCUT2D eigenvalue weighted by Gasteiger charge is 2.50. The summed E-state index contributed by atoms with van der Waals surface area (Å²) in [6.45, 7) is 2.06. The zero-order valence-electron chi connectivity index (χ0n) is 23.3. The lowest BCUT2D eigenvalue weighted by Gasteiger charge is -2.41. The standard InChI is InChI=1S/C29H31BrF2IN3O5/c1-29(27-21(31)10-11-25(30)34-27)26(32)24(14-33)41-28(35-29)36(15-17-6-8-19(37-2)12-22(17)39-4)16-18-7-9-20(38-3)13-23(18)40-5/h6-13,24,26H,14-16H2,1-5H3. The van der Waals surface area contributed by atoms with Crippen molar-refractivity contribution < 1.29 is 32.5 Å². The van der Waals surface area contributed by atoms with Gasteiger partial charge in [0.2, 0.25) is 0 Å². The summed E-state index contributed by atoms with van der Waals surface area (Å²) in [4.78, 5) is 10.9. The molecule has 0 aliphatic carbocycles. The maximum Gasteiger partial charge on any atom is 0.289 e. The zero-order chi connectivity index (χ0) is 29.7. The first-order valence-corrected chi connectivity index (χ1v) is 14.9. The number of aromatic nitrogens is 1. The molecule has 12 heteroatoms. The molecule has 1 aliphatic heterocycles. The fraction of sp³-hybridized carbons (Fsp3) is 0.379. The van der Waals surface area contributed by atoms with Gasteiger partial charge in [-0.3, -0.25) is 0 Å². The van der Waals surface area contributed by atoms with Crippen LogP contribution in [-0.4, -0.2) is 61.0 Å².